The molecule has 2 aliphatic rings. The second-order valence-corrected chi connectivity index (χ2v) is 6.05. The highest BCUT2D eigenvalue weighted by atomic mass is 19.3. The van der Waals surface area contributed by atoms with Gasteiger partial charge >= 0.3 is 0 Å². The molecule has 1 unspecified atom stereocenters. The van der Waals surface area contributed by atoms with Crippen molar-refractivity contribution < 1.29 is 18.4 Å². The number of halogens is 2. The average Bonchev–Trinajstić information content (AvgIpc) is 3.15. The third-order valence-corrected chi connectivity index (χ3v) is 4.37. The summed E-state index contributed by atoms with van der Waals surface area (Å²) in [4.78, 5) is 29.4. The Hall–Kier alpha value is -2.56. The molecule has 24 heavy (non-hydrogen) atoms. The lowest BCUT2D eigenvalue weighted by molar-refractivity contribution is -0.131. The summed E-state index contributed by atoms with van der Waals surface area (Å²) in [6.45, 7) is -1.20. The van der Waals surface area contributed by atoms with Crippen LogP contribution in [0.3, 0.4) is 0 Å². The summed E-state index contributed by atoms with van der Waals surface area (Å²) in [6, 6.07) is 2.14. The van der Waals surface area contributed by atoms with Crippen molar-refractivity contribution in [3.63, 3.8) is 0 Å². The molecular formula is C16H16F2N4O2. The lowest BCUT2D eigenvalue weighted by atomic mass is 10.1. The first kappa shape index (κ1) is 16.3. The van der Waals surface area contributed by atoms with Gasteiger partial charge < -0.3 is 10.2 Å². The Balaban J connectivity index is 1.64. The van der Waals surface area contributed by atoms with Crippen LogP contribution in [0.15, 0.2) is 12.3 Å². The number of alkyl halides is 2. The van der Waals surface area contributed by atoms with E-state index in [1.165, 1.54) is 0 Å². The van der Waals surface area contributed by atoms with Crippen LogP contribution >= 0.6 is 0 Å². The highest BCUT2D eigenvalue weighted by molar-refractivity contribution is 5.98. The van der Waals surface area contributed by atoms with Crippen molar-refractivity contribution in [3.05, 3.63) is 29.1 Å². The van der Waals surface area contributed by atoms with Gasteiger partial charge in [0.05, 0.1) is 19.2 Å². The van der Waals surface area contributed by atoms with Crippen LogP contribution in [-0.2, 0) is 17.6 Å². The second-order valence-electron chi connectivity index (χ2n) is 6.05. The Kier molecular flexibility index (Phi) is 4.18. The van der Waals surface area contributed by atoms with Crippen molar-refractivity contribution in [2.24, 2.45) is 0 Å². The molecule has 3 rings (SSSR count). The number of carbonyl (C=O) groups excluding carboxylic acids is 2. The fraction of sp³-hybridized carbons (Fsp3) is 0.500. The molecule has 0 aromatic carbocycles. The average molecular weight is 334 g/mol. The third kappa shape index (κ3) is 3.07. The van der Waals surface area contributed by atoms with Gasteiger partial charge in [-0.25, -0.2) is 8.78 Å². The van der Waals surface area contributed by atoms with Crippen molar-refractivity contribution in [2.45, 2.75) is 37.6 Å². The molecule has 2 heterocycles. The summed E-state index contributed by atoms with van der Waals surface area (Å²) in [6.07, 6.45) is 3.39. The molecule has 8 heteroatoms. The molecule has 0 spiro atoms. The molecule has 1 aromatic heterocycles. The number of carbonyl (C=O) groups is 2. The highest BCUT2D eigenvalue weighted by Gasteiger charge is 2.47. The first-order chi connectivity index (χ1) is 11.4. The molecular weight excluding hydrogens is 318 g/mol. The summed E-state index contributed by atoms with van der Waals surface area (Å²) in [7, 11) is 0. The fourth-order valence-corrected chi connectivity index (χ4v) is 3.22. The van der Waals surface area contributed by atoms with Crippen LogP contribution in [0.5, 0.6) is 0 Å². The molecule has 0 saturated carbocycles. The Morgan fingerprint density at radius 1 is 1.46 bits per heavy atom. The first-order valence-electron chi connectivity index (χ1n) is 7.73. The van der Waals surface area contributed by atoms with Crippen LogP contribution in [0.2, 0.25) is 0 Å². The number of aromatic nitrogens is 1. The minimum Gasteiger partial charge on any atom is -0.343 e. The van der Waals surface area contributed by atoms with Gasteiger partial charge in [0, 0.05) is 23.9 Å². The van der Waals surface area contributed by atoms with Crippen LogP contribution in [0.1, 0.15) is 34.5 Å². The molecule has 1 atom stereocenters. The van der Waals surface area contributed by atoms with E-state index in [-0.39, 0.29) is 0 Å². The summed E-state index contributed by atoms with van der Waals surface area (Å²) in [5.74, 6) is -4.17. The molecule has 6 nitrogen and oxygen atoms in total. The van der Waals surface area contributed by atoms with Crippen LogP contribution in [0.25, 0.3) is 0 Å². The van der Waals surface area contributed by atoms with Gasteiger partial charge in [-0.15, -0.1) is 0 Å². The number of nitrogens with one attached hydrogen (secondary N) is 1. The Labute approximate surface area is 137 Å². The topological polar surface area (TPSA) is 86.1 Å². The lowest BCUT2D eigenvalue weighted by Crippen LogP contribution is -2.43. The van der Waals surface area contributed by atoms with Gasteiger partial charge in [0.2, 0.25) is 5.91 Å². The number of pyridine rings is 1. The number of hydrogen-bond donors (Lipinski definition) is 1. The van der Waals surface area contributed by atoms with E-state index in [4.69, 9.17) is 5.26 Å². The zero-order valence-electron chi connectivity index (χ0n) is 12.9. The number of nitriles is 1. The van der Waals surface area contributed by atoms with E-state index < -0.39 is 43.3 Å². The molecule has 1 fully saturated rings. The zero-order chi connectivity index (χ0) is 17.3. The Morgan fingerprint density at radius 3 is 3.00 bits per heavy atom. The Morgan fingerprint density at radius 2 is 2.25 bits per heavy atom. The number of nitrogens with zero attached hydrogens (tertiary/aromatic N) is 3. The van der Waals surface area contributed by atoms with Crippen LogP contribution in [0.4, 0.5) is 8.78 Å². The molecule has 1 aliphatic carbocycles. The van der Waals surface area contributed by atoms with Crippen molar-refractivity contribution in [3.8, 4) is 6.07 Å². The van der Waals surface area contributed by atoms with Gasteiger partial charge in [0.1, 0.15) is 6.04 Å². The number of likely N-dealkylation sites (tertiary alicyclic amines) is 1. The maximum Gasteiger partial charge on any atom is 0.268 e. The fourth-order valence-electron chi connectivity index (χ4n) is 3.22. The third-order valence-electron chi connectivity index (χ3n) is 4.37. The van der Waals surface area contributed by atoms with Gasteiger partial charge in [0.25, 0.3) is 11.8 Å². The predicted molar refractivity (Wildman–Crippen MR) is 79.3 cm³/mol. The van der Waals surface area contributed by atoms with Gasteiger partial charge in [0.15, 0.2) is 0 Å². The van der Waals surface area contributed by atoms with Gasteiger partial charge in [-0.1, -0.05) is 0 Å². The maximum absolute atomic E-state index is 13.4. The van der Waals surface area contributed by atoms with E-state index >= 15 is 0 Å². The van der Waals surface area contributed by atoms with E-state index in [9.17, 15) is 18.4 Å². The quantitative estimate of drug-likeness (QED) is 0.895. The minimum absolute atomic E-state index is 0.413. The van der Waals surface area contributed by atoms with Crippen LogP contribution in [0, 0.1) is 11.3 Å². The smallest absolute Gasteiger partial charge is 0.268 e. The number of aryl methyl sites for hydroxylation is 1. The zero-order valence-corrected chi connectivity index (χ0v) is 12.9. The Bertz CT molecular complexity index is 729. The van der Waals surface area contributed by atoms with E-state index in [0.29, 0.717) is 5.56 Å². The predicted octanol–water partition coefficient (Wildman–Crippen LogP) is 1.06. The second kappa shape index (κ2) is 6.15. The minimum atomic E-state index is -3.06. The van der Waals surface area contributed by atoms with Crippen LogP contribution in [-0.4, -0.2) is 46.8 Å². The largest absolute Gasteiger partial charge is 0.343 e. The number of hydrogen-bond acceptors (Lipinski definition) is 4. The van der Waals surface area contributed by atoms with Gasteiger partial charge in [-0.3, -0.25) is 14.6 Å². The summed E-state index contributed by atoms with van der Waals surface area (Å²) in [5, 5.41) is 11.4. The molecule has 0 bridgehead atoms. The monoisotopic (exact) mass is 334 g/mol. The first-order valence-corrected chi connectivity index (χ1v) is 7.73. The van der Waals surface area contributed by atoms with Crippen molar-refractivity contribution in [1.82, 2.24) is 15.2 Å². The molecule has 2 amide bonds. The van der Waals surface area contributed by atoms with E-state index in [1.807, 2.05) is 0 Å². The van der Waals surface area contributed by atoms with Crippen molar-refractivity contribution in [2.75, 3.05) is 13.1 Å². The van der Waals surface area contributed by atoms with Crippen molar-refractivity contribution in [1.29, 1.82) is 5.26 Å². The van der Waals surface area contributed by atoms with E-state index in [2.05, 4.69) is 10.3 Å². The molecule has 126 valence electrons. The number of rotatable bonds is 3. The maximum atomic E-state index is 13.4. The molecule has 1 N–H and O–H groups in total. The summed E-state index contributed by atoms with van der Waals surface area (Å²) < 4.78 is 26.7. The van der Waals surface area contributed by atoms with E-state index in [0.717, 1.165) is 35.4 Å². The highest BCUT2D eigenvalue weighted by Crippen LogP contribution is 2.31. The normalized spacial score (nSPS) is 21.2. The van der Waals surface area contributed by atoms with Crippen molar-refractivity contribution >= 4 is 11.8 Å². The molecule has 1 saturated heterocycles. The van der Waals surface area contributed by atoms with E-state index in [1.54, 1.807) is 18.3 Å². The molecule has 1 aromatic rings. The molecule has 1 aliphatic heterocycles. The number of fused-ring (bicyclic) bond motifs is 1. The summed E-state index contributed by atoms with van der Waals surface area (Å²) >= 11 is 0. The van der Waals surface area contributed by atoms with Gasteiger partial charge in [-0.2, -0.15) is 5.26 Å². The lowest BCUT2D eigenvalue weighted by Gasteiger charge is -2.19. The van der Waals surface area contributed by atoms with Gasteiger partial charge in [-0.05, 0) is 30.9 Å². The standard InChI is InChI=1S/C16H16F2N4O2/c17-16(18)6-10(7-19)22(9-16)14(23)8-21-15(24)12-4-5-20-13-3-1-2-11(12)13/h4-5,10H,1-3,6,8-9H2,(H,21,24). The van der Waals surface area contributed by atoms with Crippen LogP contribution < -0.4 is 5.32 Å². The number of amides is 2. The molecule has 0 radical (unpaired) electrons. The summed E-state index contributed by atoms with van der Waals surface area (Å²) in [5.41, 5.74) is 2.23. The SMILES string of the molecule is N#CC1CC(F)(F)CN1C(=O)CNC(=O)c1ccnc2c1CCC2.